The summed E-state index contributed by atoms with van der Waals surface area (Å²) >= 11 is 1.41. The van der Waals surface area contributed by atoms with Crippen molar-refractivity contribution in [3.63, 3.8) is 0 Å². The molecule has 3 heterocycles. The molecule has 1 aromatic rings. The molecule has 2 atom stereocenters. The second kappa shape index (κ2) is 5.28. The van der Waals surface area contributed by atoms with Crippen molar-refractivity contribution < 1.29 is 14.3 Å². The first-order chi connectivity index (χ1) is 10.6. The Morgan fingerprint density at radius 2 is 2.14 bits per heavy atom. The smallest absolute Gasteiger partial charge is 0.265 e. The summed E-state index contributed by atoms with van der Waals surface area (Å²) in [6, 6.07) is 0.409. The summed E-state index contributed by atoms with van der Waals surface area (Å²) in [5, 5.41) is 0.752. The minimum Gasteiger partial charge on any atom is -0.344 e. The predicted octanol–water partition coefficient (Wildman–Crippen LogP) is 2.84. The van der Waals surface area contributed by atoms with Crippen molar-refractivity contribution in [2.24, 2.45) is 11.3 Å². The molecule has 3 aliphatic rings. The van der Waals surface area contributed by atoms with Crippen molar-refractivity contribution in [3.8, 4) is 0 Å². The molecule has 22 heavy (non-hydrogen) atoms. The average Bonchev–Trinajstić information content (AvgIpc) is 3.25. The van der Waals surface area contributed by atoms with Gasteiger partial charge < -0.3 is 14.4 Å². The van der Waals surface area contributed by atoms with Crippen LogP contribution in [0.5, 0.6) is 0 Å². The molecular formula is C16H22N2O3S. The second-order valence-electron chi connectivity index (χ2n) is 7.16. The van der Waals surface area contributed by atoms with Crippen molar-refractivity contribution in [3.05, 3.63) is 16.1 Å². The first-order valence-corrected chi connectivity index (χ1v) is 8.88. The summed E-state index contributed by atoms with van der Waals surface area (Å²) < 4.78 is 10.9. The number of hydrogen-bond donors (Lipinski definition) is 0. The lowest BCUT2D eigenvalue weighted by atomic mass is 9.80. The lowest BCUT2D eigenvalue weighted by Gasteiger charge is -2.23. The number of hydrogen-bond acceptors (Lipinski definition) is 5. The molecule has 2 saturated heterocycles. The molecule has 0 N–H and O–H groups in total. The minimum atomic E-state index is -0.388. The molecule has 0 radical (unpaired) electrons. The highest BCUT2D eigenvalue weighted by molar-refractivity contribution is 7.13. The van der Waals surface area contributed by atoms with Crippen LogP contribution in [0.15, 0.2) is 6.20 Å². The van der Waals surface area contributed by atoms with Crippen molar-refractivity contribution in [1.29, 1.82) is 0 Å². The fraction of sp³-hybridized carbons (Fsp3) is 0.750. The Labute approximate surface area is 134 Å². The first kappa shape index (κ1) is 14.6. The number of amides is 1. The van der Waals surface area contributed by atoms with E-state index in [4.69, 9.17) is 9.47 Å². The van der Waals surface area contributed by atoms with Crippen molar-refractivity contribution in [2.45, 2.75) is 45.4 Å². The van der Waals surface area contributed by atoms with E-state index < -0.39 is 0 Å². The third-order valence-corrected chi connectivity index (χ3v) is 6.29. The zero-order chi connectivity index (χ0) is 15.3. The van der Waals surface area contributed by atoms with Gasteiger partial charge in [-0.05, 0) is 24.2 Å². The molecule has 0 unspecified atom stereocenters. The Morgan fingerprint density at radius 3 is 2.91 bits per heavy atom. The maximum atomic E-state index is 12.9. The monoisotopic (exact) mass is 322 g/mol. The van der Waals surface area contributed by atoms with Crippen LogP contribution in [0.4, 0.5) is 0 Å². The van der Waals surface area contributed by atoms with E-state index in [1.54, 1.807) is 6.20 Å². The third-order valence-electron chi connectivity index (χ3n) is 5.28. The number of carbonyl (C=O) groups is 1. The van der Waals surface area contributed by atoms with Crippen LogP contribution in [0.1, 0.15) is 54.1 Å². The third kappa shape index (κ3) is 2.28. The maximum Gasteiger partial charge on any atom is 0.265 e. The lowest BCUT2D eigenvalue weighted by Crippen LogP contribution is -2.35. The highest BCUT2D eigenvalue weighted by Gasteiger charge is 2.50. The van der Waals surface area contributed by atoms with E-state index in [-0.39, 0.29) is 17.6 Å². The van der Waals surface area contributed by atoms with E-state index >= 15 is 0 Å². The molecular weight excluding hydrogens is 300 g/mol. The van der Waals surface area contributed by atoms with Crippen molar-refractivity contribution in [2.75, 3.05) is 19.8 Å². The number of ether oxygens (including phenoxy) is 2. The van der Waals surface area contributed by atoms with E-state index in [2.05, 4.69) is 23.7 Å². The van der Waals surface area contributed by atoms with E-state index in [9.17, 15) is 4.79 Å². The Morgan fingerprint density at radius 1 is 1.36 bits per heavy atom. The highest BCUT2D eigenvalue weighted by atomic mass is 32.1. The zero-order valence-corrected chi connectivity index (χ0v) is 13.9. The maximum absolute atomic E-state index is 12.9. The molecule has 0 spiro atoms. The van der Waals surface area contributed by atoms with Gasteiger partial charge in [-0.25, -0.2) is 4.98 Å². The molecule has 6 heteroatoms. The van der Waals surface area contributed by atoms with Crippen LogP contribution in [0.25, 0.3) is 0 Å². The van der Waals surface area contributed by atoms with Gasteiger partial charge in [0.1, 0.15) is 9.88 Å². The van der Waals surface area contributed by atoms with Gasteiger partial charge in [-0.15, -0.1) is 11.3 Å². The Bertz CT molecular complexity index is 580. The van der Waals surface area contributed by atoms with Crippen LogP contribution in [0, 0.1) is 11.3 Å². The van der Waals surface area contributed by atoms with Crippen LogP contribution in [-0.2, 0) is 9.47 Å². The van der Waals surface area contributed by atoms with Gasteiger partial charge in [-0.1, -0.05) is 20.3 Å². The van der Waals surface area contributed by atoms with E-state index in [0.717, 1.165) is 18.0 Å². The molecule has 2 aliphatic heterocycles. The van der Waals surface area contributed by atoms with Crippen molar-refractivity contribution >= 4 is 17.2 Å². The summed E-state index contributed by atoms with van der Waals surface area (Å²) in [7, 11) is 0. The van der Waals surface area contributed by atoms with Gasteiger partial charge in [0, 0.05) is 12.6 Å². The number of likely N-dealkylation sites (tertiary alicyclic amines) is 1. The van der Waals surface area contributed by atoms with Gasteiger partial charge >= 0.3 is 0 Å². The van der Waals surface area contributed by atoms with Gasteiger partial charge in [0.05, 0.1) is 19.4 Å². The quantitative estimate of drug-likeness (QED) is 0.840. The van der Waals surface area contributed by atoms with Gasteiger partial charge in [0.2, 0.25) is 6.29 Å². The average molecular weight is 322 g/mol. The SMILES string of the molecule is CC1(C)CN(C(=O)c2cnc(C3OCCO3)s2)[C@@H]2CCC[C@@H]21. The number of carbonyl (C=O) groups excluding carboxylic acids is 1. The summed E-state index contributed by atoms with van der Waals surface area (Å²) in [5.41, 5.74) is 0.224. The molecule has 3 fully saturated rings. The molecule has 1 amide bonds. The summed E-state index contributed by atoms with van der Waals surface area (Å²) in [5.74, 6) is 0.773. The fourth-order valence-corrected chi connectivity index (χ4v) is 5.13. The fourth-order valence-electron chi connectivity index (χ4n) is 4.26. The Hall–Kier alpha value is -0.980. The lowest BCUT2D eigenvalue weighted by molar-refractivity contribution is -0.0442. The summed E-state index contributed by atoms with van der Waals surface area (Å²) in [6.07, 6.45) is 4.92. The predicted molar refractivity (Wildman–Crippen MR) is 82.7 cm³/mol. The molecule has 5 nitrogen and oxygen atoms in total. The van der Waals surface area contributed by atoms with E-state index in [1.807, 2.05) is 0 Å². The van der Waals surface area contributed by atoms with Crippen LogP contribution < -0.4 is 0 Å². The number of aromatic nitrogens is 1. The molecule has 120 valence electrons. The largest absolute Gasteiger partial charge is 0.344 e. The van der Waals surface area contributed by atoms with Crippen molar-refractivity contribution in [1.82, 2.24) is 9.88 Å². The van der Waals surface area contributed by atoms with Crippen LogP contribution >= 0.6 is 11.3 Å². The molecule has 1 saturated carbocycles. The summed E-state index contributed by atoms with van der Waals surface area (Å²) in [4.78, 5) is 20.0. The number of rotatable bonds is 2. The van der Waals surface area contributed by atoms with Crippen LogP contribution in [0.3, 0.4) is 0 Å². The van der Waals surface area contributed by atoms with Crippen LogP contribution in [-0.4, -0.2) is 41.6 Å². The minimum absolute atomic E-state index is 0.129. The molecule has 1 aliphatic carbocycles. The highest BCUT2D eigenvalue weighted by Crippen LogP contribution is 2.49. The molecule has 4 rings (SSSR count). The van der Waals surface area contributed by atoms with Gasteiger partial charge in [0.15, 0.2) is 0 Å². The molecule has 0 bridgehead atoms. The summed E-state index contributed by atoms with van der Waals surface area (Å²) in [6.45, 7) is 6.63. The van der Waals surface area contributed by atoms with E-state index in [0.29, 0.717) is 30.1 Å². The first-order valence-electron chi connectivity index (χ1n) is 8.06. The van der Waals surface area contributed by atoms with E-state index in [1.165, 1.54) is 24.2 Å². The number of thiazole rings is 1. The number of nitrogens with zero attached hydrogens (tertiary/aromatic N) is 2. The Kier molecular flexibility index (Phi) is 3.51. The van der Waals surface area contributed by atoms with Gasteiger partial charge in [-0.2, -0.15) is 0 Å². The normalized spacial score (nSPS) is 30.9. The van der Waals surface area contributed by atoms with Gasteiger partial charge in [0.25, 0.3) is 5.91 Å². The number of fused-ring (bicyclic) bond motifs is 1. The second-order valence-corrected chi connectivity index (χ2v) is 8.22. The topological polar surface area (TPSA) is 51.7 Å². The zero-order valence-electron chi connectivity index (χ0n) is 13.1. The Balaban J connectivity index is 1.54. The molecule has 0 aromatic carbocycles. The standard InChI is InChI=1S/C16H22N2O3S/c1-16(2)9-18(11-5-3-4-10(11)16)14(19)12-8-17-13(22-12)15-20-6-7-21-15/h8,10-11,15H,3-7,9H2,1-2H3/t10-,11+/m0/s1. The van der Waals surface area contributed by atoms with Gasteiger partial charge in [-0.3, -0.25) is 4.79 Å². The molecule has 1 aromatic heterocycles. The van der Waals surface area contributed by atoms with Crippen LogP contribution in [0.2, 0.25) is 0 Å².